The Morgan fingerprint density at radius 3 is 2.64 bits per heavy atom. The maximum atomic E-state index is 13.1. The van der Waals surface area contributed by atoms with E-state index in [-0.39, 0.29) is 17.3 Å². The molecule has 1 aromatic carbocycles. The average Bonchev–Trinajstić information content (AvgIpc) is 3.04. The van der Waals surface area contributed by atoms with E-state index < -0.39 is 0 Å². The van der Waals surface area contributed by atoms with E-state index in [1.54, 1.807) is 26.5 Å². The molecule has 0 fully saturated rings. The number of carbonyl (C=O) groups is 1. The number of hydrogen-bond donors (Lipinski definition) is 2. The molecule has 8 heteroatoms. The summed E-state index contributed by atoms with van der Waals surface area (Å²) in [6.07, 6.45) is 3.16. The second-order valence-corrected chi connectivity index (χ2v) is 7.46. The van der Waals surface area contributed by atoms with Crippen molar-refractivity contribution in [1.29, 1.82) is 0 Å². The van der Waals surface area contributed by atoms with Gasteiger partial charge in [-0.3, -0.25) is 4.79 Å². The molecule has 2 heterocycles. The first-order valence-electron chi connectivity index (χ1n) is 8.85. The molecule has 0 bridgehead atoms. The Balaban J connectivity index is 2.03. The number of amides is 1. The summed E-state index contributed by atoms with van der Waals surface area (Å²) in [7, 11) is 3.18. The number of nitrogens with one attached hydrogen (secondary N) is 1. The highest BCUT2D eigenvalue weighted by Crippen LogP contribution is 2.31. The van der Waals surface area contributed by atoms with E-state index in [2.05, 4.69) is 15.3 Å². The van der Waals surface area contributed by atoms with Crippen LogP contribution in [0.3, 0.4) is 0 Å². The predicted molar refractivity (Wildman–Crippen MR) is 109 cm³/mol. The molecule has 0 aliphatic carbocycles. The Bertz CT molecular complexity index is 1020. The van der Waals surface area contributed by atoms with E-state index in [4.69, 9.17) is 15.2 Å². The fourth-order valence-electron chi connectivity index (χ4n) is 3.05. The van der Waals surface area contributed by atoms with Gasteiger partial charge >= 0.3 is 0 Å². The fraction of sp³-hybridized carbons (Fsp3) is 0.350. The van der Waals surface area contributed by atoms with Gasteiger partial charge in [-0.25, -0.2) is 9.97 Å². The molecule has 3 aromatic rings. The van der Waals surface area contributed by atoms with E-state index in [9.17, 15) is 4.79 Å². The van der Waals surface area contributed by atoms with Crippen molar-refractivity contribution in [2.24, 2.45) is 0 Å². The number of ether oxygens (including phenoxy) is 2. The van der Waals surface area contributed by atoms with Gasteiger partial charge in [-0.05, 0) is 38.5 Å². The number of carbonyl (C=O) groups excluding carboxylic acids is 1. The lowest BCUT2D eigenvalue weighted by atomic mass is 10.1. The lowest BCUT2D eigenvalue weighted by molar-refractivity contribution is 0.102. The Morgan fingerprint density at radius 1 is 1.25 bits per heavy atom. The Labute approximate surface area is 163 Å². The van der Waals surface area contributed by atoms with Gasteiger partial charge in [-0.2, -0.15) is 0 Å². The maximum Gasteiger partial charge on any atom is 0.258 e. The molecule has 3 N–H and O–H groups in total. The van der Waals surface area contributed by atoms with Crippen molar-refractivity contribution in [3.63, 3.8) is 0 Å². The topological polar surface area (TPSA) is 104 Å². The number of benzene rings is 1. The van der Waals surface area contributed by atoms with Crippen LogP contribution in [-0.2, 0) is 16.9 Å². The molecule has 0 saturated heterocycles. The zero-order valence-electron chi connectivity index (χ0n) is 16.7. The molecule has 0 atom stereocenters. The van der Waals surface area contributed by atoms with Crippen molar-refractivity contribution >= 4 is 28.4 Å². The van der Waals surface area contributed by atoms with Crippen molar-refractivity contribution in [1.82, 2.24) is 14.5 Å². The van der Waals surface area contributed by atoms with Gasteiger partial charge in [-0.1, -0.05) is 6.07 Å². The summed E-state index contributed by atoms with van der Waals surface area (Å²) >= 11 is 0. The minimum absolute atomic E-state index is 0.264. The molecule has 148 valence electrons. The van der Waals surface area contributed by atoms with Crippen LogP contribution in [0.4, 0.5) is 11.5 Å². The number of rotatable bonds is 5. The van der Waals surface area contributed by atoms with E-state index in [1.807, 2.05) is 37.5 Å². The van der Waals surface area contributed by atoms with E-state index in [0.717, 1.165) is 5.56 Å². The van der Waals surface area contributed by atoms with Crippen LogP contribution >= 0.6 is 0 Å². The van der Waals surface area contributed by atoms with Gasteiger partial charge in [-0.15, -0.1) is 0 Å². The van der Waals surface area contributed by atoms with Crippen molar-refractivity contribution in [2.75, 3.05) is 25.3 Å². The Kier molecular flexibility index (Phi) is 5.24. The van der Waals surface area contributed by atoms with Crippen LogP contribution in [0.25, 0.3) is 11.0 Å². The molecule has 0 aliphatic heterocycles. The summed E-state index contributed by atoms with van der Waals surface area (Å²) in [6, 6.07) is 5.49. The van der Waals surface area contributed by atoms with Gasteiger partial charge in [0.2, 0.25) is 0 Å². The van der Waals surface area contributed by atoms with E-state index >= 15 is 0 Å². The molecular formula is C20H25N5O3. The molecule has 1 amide bonds. The largest absolute Gasteiger partial charge is 0.495 e. The molecule has 8 nitrogen and oxygen atoms in total. The number of nitrogens with zero attached hydrogens (tertiary/aromatic N) is 3. The number of nitrogens with two attached hydrogens (primary N) is 1. The monoisotopic (exact) mass is 383 g/mol. The minimum Gasteiger partial charge on any atom is -0.495 e. The van der Waals surface area contributed by atoms with E-state index in [1.165, 1.54) is 6.33 Å². The normalized spacial score (nSPS) is 11.6. The standard InChI is InChI=1S/C20H25N5O3/c1-20(2,3)25-9-13(16-17(21)22-11-23-18(16)25)19(26)24-14-7-6-12(10-27-4)8-15(14)28-5/h6-9,11H,10H2,1-5H3,(H,24,26)(H2,21,22,23). The van der Waals surface area contributed by atoms with Crippen LogP contribution in [0.15, 0.2) is 30.7 Å². The second kappa shape index (κ2) is 7.47. The summed E-state index contributed by atoms with van der Waals surface area (Å²) in [4.78, 5) is 21.5. The lowest BCUT2D eigenvalue weighted by Crippen LogP contribution is -2.21. The molecular weight excluding hydrogens is 358 g/mol. The number of anilines is 2. The van der Waals surface area contributed by atoms with Crippen molar-refractivity contribution in [2.45, 2.75) is 32.9 Å². The highest BCUT2D eigenvalue weighted by atomic mass is 16.5. The van der Waals surface area contributed by atoms with Crippen molar-refractivity contribution in [3.05, 3.63) is 41.9 Å². The number of nitrogen functional groups attached to an aromatic ring is 1. The first-order valence-corrected chi connectivity index (χ1v) is 8.85. The van der Waals surface area contributed by atoms with Crippen LogP contribution in [0, 0.1) is 0 Å². The summed E-state index contributed by atoms with van der Waals surface area (Å²) in [5, 5.41) is 3.43. The molecule has 0 aliphatic rings. The molecule has 0 radical (unpaired) electrons. The summed E-state index contributed by atoms with van der Waals surface area (Å²) < 4.78 is 12.5. The highest BCUT2D eigenvalue weighted by Gasteiger charge is 2.25. The van der Waals surface area contributed by atoms with Crippen LogP contribution in [0.2, 0.25) is 0 Å². The zero-order chi connectivity index (χ0) is 20.5. The number of hydrogen-bond acceptors (Lipinski definition) is 6. The Morgan fingerprint density at radius 2 is 2.00 bits per heavy atom. The van der Waals surface area contributed by atoms with Gasteiger partial charge in [0.15, 0.2) is 0 Å². The van der Waals surface area contributed by atoms with E-state index in [0.29, 0.717) is 34.6 Å². The average molecular weight is 383 g/mol. The first kappa shape index (κ1) is 19.6. The summed E-state index contributed by atoms with van der Waals surface area (Å²) in [5.41, 5.74) is 8.32. The van der Waals surface area contributed by atoms with Crippen LogP contribution in [-0.4, -0.2) is 34.7 Å². The maximum absolute atomic E-state index is 13.1. The summed E-state index contributed by atoms with van der Waals surface area (Å²) in [5.74, 6) is 0.500. The lowest BCUT2D eigenvalue weighted by Gasteiger charge is -2.21. The third kappa shape index (κ3) is 3.63. The molecule has 0 spiro atoms. The third-order valence-electron chi connectivity index (χ3n) is 4.40. The van der Waals surface area contributed by atoms with Crippen LogP contribution in [0.1, 0.15) is 36.7 Å². The predicted octanol–water partition coefficient (Wildman–Crippen LogP) is 3.18. The van der Waals surface area contributed by atoms with Gasteiger partial charge in [0.05, 0.1) is 30.4 Å². The van der Waals surface area contributed by atoms with Crippen molar-refractivity contribution < 1.29 is 14.3 Å². The van der Waals surface area contributed by atoms with Crippen LogP contribution in [0.5, 0.6) is 5.75 Å². The number of aromatic nitrogens is 3. The second-order valence-electron chi connectivity index (χ2n) is 7.46. The van der Waals surface area contributed by atoms with Gasteiger partial charge in [0.1, 0.15) is 23.5 Å². The Hall–Kier alpha value is -3.13. The summed E-state index contributed by atoms with van der Waals surface area (Å²) in [6.45, 7) is 6.55. The van der Waals surface area contributed by atoms with Gasteiger partial charge in [0, 0.05) is 18.8 Å². The third-order valence-corrected chi connectivity index (χ3v) is 4.40. The minimum atomic E-state index is -0.313. The SMILES string of the molecule is COCc1ccc(NC(=O)c2cn(C(C)(C)C)c3ncnc(N)c23)c(OC)c1. The highest BCUT2D eigenvalue weighted by molar-refractivity contribution is 6.15. The fourth-order valence-corrected chi connectivity index (χ4v) is 3.05. The number of methoxy groups -OCH3 is 2. The van der Waals surface area contributed by atoms with Gasteiger partial charge < -0.3 is 25.1 Å². The van der Waals surface area contributed by atoms with Gasteiger partial charge in [0.25, 0.3) is 5.91 Å². The van der Waals surface area contributed by atoms with Crippen molar-refractivity contribution in [3.8, 4) is 5.75 Å². The quantitative estimate of drug-likeness (QED) is 0.701. The first-order chi connectivity index (χ1) is 13.3. The zero-order valence-corrected chi connectivity index (χ0v) is 16.7. The molecule has 0 unspecified atom stereocenters. The van der Waals surface area contributed by atoms with Crippen LogP contribution < -0.4 is 15.8 Å². The molecule has 2 aromatic heterocycles. The molecule has 28 heavy (non-hydrogen) atoms. The number of fused-ring (bicyclic) bond motifs is 1. The smallest absolute Gasteiger partial charge is 0.258 e. The molecule has 3 rings (SSSR count). The molecule has 0 saturated carbocycles.